The van der Waals surface area contributed by atoms with Gasteiger partial charge in [0, 0.05) is 7.11 Å². The van der Waals surface area contributed by atoms with Crippen molar-refractivity contribution >= 4 is 0 Å². The lowest BCUT2D eigenvalue weighted by Crippen LogP contribution is -2.13. The summed E-state index contributed by atoms with van der Waals surface area (Å²) < 4.78 is 7.12. The fourth-order valence-electron chi connectivity index (χ4n) is 2.46. The molecular weight excluding hydrogens is 264 g/mol. The monoisotopic (exact) mass is 288 g/mol. The molecule has 0 fully saturated rings. The molecular formula is C16H24N4O. The van der Waals surface area contributed by atoms with Crippen LogP contribution in [0.25, 0.3) is 5.69 Å². The number of nitrogens with zero attached hydrogens (tertiary/aromatic N) is 3. The summed E-state index contributed by atoms with van der Waals surface area (Å²) in [6.45, 7) is 4.86. The summed E-state index contributed by atoms with van der Waals surface area (Å²) in [7, 11) is 1.72. The van der Waals surface area contributed by atoms with Crippen LogP contribution in [0.3, 0.4) is 0 Å². The van der Waals surface area contributed by atoms with Crippen molar-refractivity contribution in [2.24, 2.45) is 5.73 Å². The first-order chi connectivity index (χ1) is 10.2. The maximum atomic E-state index is 6.14. The van der Waals surface area contributed by atoms with Crippen LogP contribution in [0, 0.1) is 0 Å². The topological polar surface area (TPSA) is 66.0 Å². The molecule has 1 atom stereocenters. The van der Waals surface area contributed by atoms with E-state index in [1.54, 1.807) is 7.11 Å². The third-order valence-corrected chi connectivity index (χ3v) is 3.71. The van der Waals surface area contributed by atoms with Gasteiger partial charge in [0.05, 0.1) is 24.0 Å². The van der Waals surface area contributed by atoms with Crippen LogP contribution in [-0.2, 0) is 17.6 Å². The number of benzene rings is 1. The molecule has 0 saturated carbocycles. The van der Waals surface area contributed by atoms with E-state index in [-0.39, 0.29) is 6.04 Å². The molecule has 0 aliphatic rings. The quantitative estimate of drug-likeness (QED) is 0.849. The molecule has 0 saturated heterocycles. The predicted molar refractivity (Wildman–Crippen MR) is 83.5 cm³/mol. The van der Waals surface area contributed by atoms with Crippen molar-refractivity contribution in [2.45, 2.75) is 39.2 Å². The zero-order valence-corrected chi connectivity index (χ0v) is 13.0. The van der Waals surface area contributed by atoms with E-state index in [2.05, 4.69) is 36.3 Å². The molecule has 0 spiro atoms. The van der Waals surface area contributed by atoms with Gasteiger partial charge in [-0.25, -0.2) is 4.68 Å². The largest absolute Gasteiger partial charge is 0.384 e. The smallest absolute Gasteiger partial charge is 0.103 e. The fraction of sp³-hybridized carbons (Fsp3) is 0.500. The maximum Gasteiger partial charge on any atom is 0.103 e. The van der Waals surface area contributed by atoms with Gasteiger partial charge in [0.1, 0.15) is 5.69 Å². The molecule has 1 heterocycles. The molecule has 2 rings (SSSR count). The molecule has 2 N–H and O–H groups in total. The van der Waals surface area contributed by atoms with Gasteiger partial charge in [-0.2, -0.15) is 0 Å². The van der Waals surface area contributed by atoms with E-state index in [4.69, 9.17) is 10.5 Å². The van der Waals surface area contributed by atoms with Gasteiger partial charge in [0.2, 0.25) is 0 Å². The molecule has 114 valence electrons. The third kappa shape index (κ3) is 3.31. The van der Waals surface area contributed by atoms with E-state index in [1.165, 1.54) is 5.56 Å². The van der Waals surface area contributed by atoms with Gasteiger partial charge >= 0.3 is 0 Å². The highest BCUT2D eigenvalue weighted by Gasteiger charge is 2.18. The molecule has 1 aromatic heterocycles. The van der Waals surface area contributed by atoms with Crippen molar-refractivity contribution in [3.63, 3.8) is 0 Å². The van der Waals surface area contributed by atoms with E-state index in [0.29, 0.717) is 6.61 Å². The summed E-state index contributed by atoms with van der Waals surface area (Å²) in [5.41, 5.74) is 10.4. The Labute approximate surface area is 126 Å². The minimum Gasteiger partial charge on any atom is -0.384 e. The molecule has 0 aliphatic carbocycles. The molecule has 1 unspecified atom stereocenters. The van der Waals surface area contributed by atoms with Crippen molar-refractivity contribution in [3.05, 3.63) is 41.2 Å². The number of hydrogen-bond acceptors (Lipinski definition) is 4. The molecule has 0 radical (unpaired) electrons. The van der Waals surface area contributed by atoms with Crippen molar-refractivity contribution in [2.75, 3.05) is 13.7 Å². The second-order valence-corrected chi connectivity index (χ2v) is 5.07. The molecule has 2 aromatic rings. The minimum atomic E-state index is -0.0557. The lowest BCUT2D eigenvalue weighted by atomic mass is 10.1. The second-order valence-electron chi connectivity index (χ2n) is 5.07. The molecule has 0 amide bonds. The lowest BCUT2D eigenvalue weighted by Gasteiger charge is -2.12. The Morgan fingerprint density at radius 2 is 2.05 bits per heavy atom. The highest BCUT2D eigenvalue weighted by atomic mass is 16.5. The maximum absolute atomic E-state index is 6.14. The summed E-state index contributed by atoms with van der Waals surface area (Å²) >= 11 is 0. The van der Waals surface area contributed by atoms with Crippen LogP contribution in [0.2, 0.25) is 0 Å². The first-order valence-electron chi connectivity index (χ1n) is 7.50. The highest BCUT2D eigenvalue weighted by molar-refractivity contribution is 5.42. The molecule has 0 bridgehead atoms. The van der Waals surface area contributed by atoms with Crippen LogP contribution in [0.5, 0.6) is 0 Å². The SMILES string of the molecule is CCc1c(C(N)CC)nnn1-c1ccccc1CCOC. The summed E-state index contributed by atoms with van der Waals surface area (Å²) in [6, 6.07) is 8.18. The molecule has 5 heteroatoms. The van der Waals surface area contributed by atoms with Crippen molar-refractivity contribution in [1.29, 1.82) is 0 Å². The third-order valence-electron chi connectivity index (χ3n) is 3.71. The summed E-state index contributed by atoms with van der Waals surface area (Å²) in [6.07, 6.45) is 2.57. The van der Waals surface area contributed by atoms with Gasteiger partial charge in [-0.05, 0) is 30.9 Å². The van der Waals surface area contributed by atoms with Crippen LogP contribution in [0.4, 0.5) is 0 Å². The molecule has 5 nitrogen and oxygen atoms in total. The number of nitrogens with two attached hydrogens (primary N) is 1. The highest BCUT2D eigenvalue weighted by Crippen LogP contribution is 2.22. The van der Waals surface area contributed by atoms with E-state index < -0.39 is 0 Å². The summed E-state index contributed by atoms with van der Waals surface area (Å²) in [5, 5.41) is 8.65. The first kappa shape index (κ1) is 15.7. The van der Waals surface area contributed by atoms with Gasteiger partial charge in [0.15, 0.2) is 0 Å². The van der Waals surface area contributed by atoms with Gasteiger partial charge in [0.25, 0.3) is 0 Å². The Kier molecular flexibility index (Phi) is 5.47. The van der Waals surface area contributed by atoms with Crippen LogP contribution >= 0.6 is 0 Å². The fourth-order valence-corrected chi connectivity index (χ4v) is 2.46. The number of hydrogen-bond donors (Lipinski definition) is 1. The Hall–Kier alpha value is -1.72. The summed E-state index contributed by atoms with van der Waals surface area (Å²) in [5.74, 6) is 0. The molecule has 1 aromatic carbocycles. The Bertz CT molecular complexity index is 579. The molecule has 0 aliphatic heterocycles. The zero-order chi connectivity index (χ0) is 15.2. The Morgan fingerprint density at radius 1 is 1.29 bits per heavy atom. The van der Waals surface area contributed by atoms with E-state index in [0.717, 1.165) is 36.3 Å². The zero-order valence-electron chi connectivity index (χ0n) is 13.0. The lowest BCUT2D eigenvalue weighted by molar-refractivity contribution is 0.202. The normalized spacial score (nSPS) is 12.6. The Balaban J connectivity index is 2.45. The average molecular weight is 288 g/mol. The number of para-hydroxylation sites is 1. The van der Waals surface area contributed by atoms with Crippen LogP contribution < -0.4 is 5.73 Å². The number of rotatable bonds is 7. The van der Waals surface area contributed by atoms with Gasteiger partial charge in [-0.1, -0.05) is 37.3 Å². The predicted octanol–water partition coefficient (Wildman–Crippen LogP) is 2.43. The van der Waals surface area contributed by atoms with Gasteiger partial charge in [-0.3, -0.25) is 0 Å². The standard InChI is InChI=1S/C16H24N4O/c1-4-13(17)16-14(5-2)20(19-18-16)15-9-7-6-8-12(15)10-11-21-3/h6-9,13H,4-5,10-11,17H2,1-3H3. The van der Waals surface area contributed by atoms with Crippen molar-refractivity contribution < 1.29 is 4.74 Å². The van der Waals surface area contributed by atoms with E-state index in [1.807, 2.05) is 16.8 Å². The number of ether oxygens (including phenoxy) is 1. The minimum absolute atomic E-state index is 0.0557. The van der Waals surface area contributed by atoms with Crippen molar-refractivity contribution in [3.8, 4) is 5.69 Å². The summed E-state index contributed by atoms with van der Waals surface area (Å²) in [4.78, 5) is 0. The van der Waals surface area contributed by atoms with E-state index >= 15 is 0 Å². The van der Waals surface area contributed by atoms with E-state index in [9.17, 15) is 0 Å². The van der Waals surface area contributed by atoms with Crippen LogP contribution in [0.1, 0.15) is 43.3 Å². The first-order valence-corrected chi connectivity index (χ1v) is 7.50. The van der Waals surface area contributed by atoms with Crippen molar-refractivity contribution in [1.82, 2.24) is 15.0 Å². The number of aromatic nitrogens is 3. The van der Waals surface area contributed by atoms with Gasteiger partial charge in [-0.15, -0.1) is 5.10 Å². The Morgan fingerprint density at radius 3 is 2.71 bits per heavy atom. The van der Waals surface area contributed by atoms with Crippen LogP contribution in [0.15, 0.2) is 24.3 Å². The average Bonchev–Trinajstić information content (AvgIpc) is 2.96. The second kappa shape index (κ2) is 7.33. The van der Waals surface area contributed by atoms with Crippen LogP contribution in [-0.4, -0.2) is 28.7 Å². The number of methoxy groups -OCH3 is 1. The molecule has 21 heavy (non-hydrogen) atoms. The van der Waals surface area contributed by atoms with Gasteiger partial charge < -0.3 is 10.5 Å².